The van der Waals surface area contributed by atoms with Crippen molar-refractivity contribution < 1.29 is 0 Å². The fraction of sp³-hybridized carbons (Fsp3) is 0.765. The molecule has 2 heterocycles. The van der Waals surface area contributed by atoms with Crippen LogP contribution in [0, 0.1) is 5.41 Å². The summed E-state index contributed by atoms with van der Waals surface area (Å²) < 4.78 is 0. The van der Waals surface area contributed by atoms with Gasteiger partial charge < -0.3 is 10.2 Å². The molecule has 5 heteroatoms. The molecule has 1 N–H and O–H groups in total. The molecule has 0 radical (unpaired) electrons. The second-order valence-corrected chi connectivity index (χ2v) is 7.63. The zero-order valence-electron chi connectivity index (χ0n) is 13.9. The van der Waals surface area contributed by atoms with Crippen molar-refractivity contribution in [2.24, 2.45) is 10.4 Å². The second-order valence-electron chi connectivity index (χ2n) is 6.69. The van der Waals surface area contributed by atoms with Crippen molar-refractivity contribution in [1.29, 1.82) is 0 Å². The Kier molecular flexibility index (Phi) is 5.01. The van der Waals surface area contributed by atoms with Crippen molar-refractivity contribution in [2.45, 2.75) is 51.9 Å². The van der Waals surface area contributed by atoms with Crippen LogP contribution in [0.2, 0.25) is 0 Å². The molecule has 0 bridgehead atoms. The lowest BCUT2D eigenvalue weighted by atomic mass is 9.86. The second kappa shape index (κ2) is 6.99. The van der Waals surface area contributed by atoms with E-state index in [0.29, 0.717) is 5.41 Å². The summed E-state index contributed by atoms with van der Waals surface area (Å²) in [5.41, 5.74) is 1.81. The van der Waals surface area contributed by atoms with E-state index in [1.807, 2.05) is 7.05 Å². The van der Waals surface area contributed by atoms with Gasteiger partial charge >= 0.3 is 0 Å². The highest BCUT2D eigenvalue weighted by atomic mass is 32.1. The lowest BCUT2D eigenvalue weighted by Gasteiger charge is -2.25. The fourth-order valence-electron chi connectivity index (χ4n) is 3.91. The van der Waals surface area contributed by atoms with Crippen molar-refractivity contribution in [3.05, 3.63) is 16.1 Å². The van der Waals surface area contributed by atoms with Crippen molar-refractivity contribution >= 4 is 17.3 Å². The number of rotatable bonds is 4. The number of hydrogen-bond acceptors (Lipinski definition) is 3. The van der Waals surface area contributed by atoms with Crippen LogP contribution in [-0.2, 0) is 12.8 Å². The van der Waals surface area contributed by atoms with Gasteiger partial charge in [-0.3, -0.25) is 4.99 Å². The van der Waals surface area contributed by atoms with Crippen molar-refractivity contribution in [3.8, 4) is 0 Å². The summed E-state index contributed by atoms with van der Waals surface area (Å²) in [4.78, 5) is 11.6. The van der Waals surface area contributed by atoms with Crippen LogP contribution in [0.3, 0.4) is 0 Å². The molecule has 1 saturated carbocycles. The lowest BCUT2D eigenvalue weighted by molar-refractivity contribution is 0.309. The zero-order valence-corrected chi connectivity index (χ0v) is 14.7. The van der Waals surface area contributed by atoms with Gasteiger partial charge in [-0.25, -0.2) is 4.98 Å². The molecule has 1 aliphatic carbocycles. The van der Waals surface area contributed by atoms with Gasteiger partial charge in [0.2, 0.25) is 0 Å². The summed E-state index contributed by atoms with van der Waals surface area (Å²) in [6.07, 6.45) is 9.04. The third-order valence-corrected chi connectivity index (χ3v) is 6.22. The Morgan fingerprint density at radius 1 is 1.41 bits per heavy atom. The molecule has 3 rings (SSSR count). The van der Waals surface area contributed by atoms with E-state index in [1.165, 1.54) is 49.4 Å². The lowest BCUT2D eigenvalue weighted by Crippen LogP contribution is -2.41. The van der Waals surface area contributed by atoms with Gasteiger partial charge in [-0.05, 0) is 31.1 Å². The quantitative estimate of drug-likeness (QED) is 0.684. The summed E-state index contributed by atoms with van der Waals surface area (Å²) in [7, 11) is 1.90. The molecule has 2 aliphatic rings. The van der Waals surface area contributed by atoms with E-state index < -0.39 is 0 Å². The van der Waals surface area contributed by atoms with E-state index in [2.05, 4.69) is 32.5 Å². The predicted octanol–water partition coefficient (Wildman–Crippen LogP) is 3.09. The molecule has 122 valence electrons. The minimum atomic E-state index is 0.600. The Hall–Kier alpha value is -1.10. The number of nitrogens with zero attached hydrogens (tertiary/aromatic N) is 3. The average molecular weight is 321 g/mol. The molecular weight excluding hydrogens is 292 g/mol. The molecule has 0 unspecified atom stereocenters. The van der Waals surface area contributed by atoms with Gasteiger partial charge in [0, 0.05) is 38.5 Å². The maximum Gasteiger partial charge on any atom is 0.193 e. The molecule has 1 aliphatic heterocycles. The summed E-state index contributed by atoms with van der Waals surface area (Å²) >= 11 is 1.77. The Bertz CT molecular complexity index is 516. The smallest absolute Gasteiger partial charge is 0.193 e. The first-order chi connectivity index (χ1) is 10.7. The van der Waals surface area contributed by atoms with E-state index in [9.17, 15) is 0 Å². The number of thiazole rings is 1. The highest BCUT2D eigenvalue weighted by molar-refractivity contribution is 7.09. The van der Waals surface area contributed by atoms with Crippen LogP contribution < -0.4 is 5.32 Å². The number of aromatic nitrogens is 1. The van der Waals surface area contributed by atoms with E-state index in [0.717, 1.165) is 31.9 Å². The maximum absolute atomic E-state index is 4.63. The Balaban J connectivity index is 1.48. The molecule has 1 aromatic heterocycles. The van der Waals surface area contributed by atoms with Crippen LogP contribution >= 0.6 is 11.3 Å². The summed E-state index contributed by atoms with van der Waals surface area (Å²) in [5.74, 6) is 1.08. The number of aryl methyl sites for hydroxylation is 1. The van der Waals surface area contributed by atoms with E-state index in [-0.39, 0.29) is 0 Å². The Morgan fingerprint density at radius 2 is 2.23 bits per heavy atom. The van der Waals surface area contributed by atoms with Crippen LogP contribution in [0.5, 0.6) is 0 Å². The van der Waals surface area contributed by atoms with Gasteiger partial charge in [-0.1, -0.05) is 19.8 Å². The van der Waals surface area contributed by atoms with Gasteiger partial charge in [0.25, 0.3) is 0 Å². The largest absolute Gasteiger partial charge is 0.356 e. The van der Waals surface area contributed by atoms with Crippen molar-refractivity contribution in [2.75, 3.05) is 26.7 Å². The molecule has 1 saturated heterocycles. The maximum atomic E-state index is 4.63. The number of hydrogen-bond donors (Lipinski definition) is 1. The first kappa shape index (κ1) is 15.8. The average Bonchev–Trinajstić information content (AvgIpc) is 3.26. The highest BCUT2D eigenvalue weighted by Crippen LogP contribution is 2.45. The van der Waals surface area contributed by atoms with Crippen molar-refractivity contribution in [1.82, 2.24) is 15.2 Å². The van der Waals surface area contributed by atoms with Crippen LogP contribution in [0.25, 0.3) is 0 Å². The Morgan fingerprint density at radius 3 is 2.91 bits per heavy atom. The normalized spacial score (nSPS) is 21.0. The van der Waals surface area contributed by atoms with Crippen molar-refractivity contribution in [3.63, 3.8) is 0 Å². The minimum absolute atomic E-state index is 0.600. The van der Waals surface area contributed by atoms with Gasteiger partial charge in [-0.15, -0.1) is 11.3 Å². The number of nitrogens with one attached hydrogen (secondary N) is 1. The zero-order chi connectivity index (χ0) is 15.4. The standard InChI is InChI=1S/C17H28N4S/c1-3-15-20-14(12-22-15)6-10-19-16(18-2)21-11-9-17(13-21)7-4-5-8-17/h12H,3-11,13H2,1-2H3,(H,18,19). The molecule has 1 spiro atoms. The highest BCUT2D eigenvalue weighted by Gasteiger charge is 2.40. The van der Waals surface area contributed by atoms with Gasteiger partial charge in [-0.2, -0.15) is 0 Å². The number of likely N-dealkylation sites (tertiary alicyclic amines) is 1. The molecule has 0 amide bonds. The molecule has 0 atom stereocenters. The van der Waals surface area contributed by atoms with Crippen LogP contribution in [0.1, 0.15) is 49.7 Å². The Labute approximate surface area is 138 Å². The van der Waals surface area contributed by atoms with E-state index >= 15 is 0 Å². The predicted molar refractivity (Wildman–Crippen MR) is 93.6 cm³/mol. The van der Waals surface area contributed by atoms with Gasteiger partial charge in [0.05, 0.1) is 10.7 Å². The summed E-state index contributed by atoms with van der Waals surface area (Å²) in [5, 5.41) is 6.96. The van der Waals surface area contributed by atoms with Gasteiger partial charge in [0.15, 0.2) is 5.96 Å². The molecule has 22 heavy (non-hydrogen) atoms. The van der Waals surface area contributed by atoms with E-state index in [1.54, 1.807) is 11.3 Å². The molecular formula is C17H28N4S. The topological polar surface area (TPSA) is 40.5 Å². The first-order valence-electron chi connectivity index (χ1n) is 8.63. The first-order valence-corrected chi connectivity index (χ1v) is 9.51. The van der Waals surface area contributed by atoms with Crippen LogP contribution in [0.4, 0.5) is 0 Å². The third-order valence-electron chi connectivity index (χ3n) is 5.18. The molecule has 4 nitrogen and oxygen atoms in total. The van der Waals surface area contributed by atoms with Crippen LogP contribution in [0.15, 0.2) is 10.4 Å². The number of guanidine groups is 1. The summed E-state index contributed by atoms with van der Waals surface area (Å²) in [6.45, 7) is 5.44. The molecule has 1 aromatic rings. The van der Waals surface area contributed by atoms with E-state index in [4.69, 9.17) is 0 Å². The fourth-order valence-corrected chi connectivity index (χ4v) is 4.69. The SMILES string of the molecule is CCc1nc(CCNC(=NC)N2CCC3(CCCC3)C2)cs1. The molecule has 0 aromatic carbocycles. The third kappa shape index (κ3) is 3.45. The summed E-state index contributed by atoms with van der Waals surface area (Å²) in [6, 6.07) is 0. The monoisotopic (exact) mass is 320 g/mol. The minimum Gasteiger partial charge on any atom is -0.356 e. The van der Waals surface area contributed by atoms with Crippen LogP contribution in [-0.4, -0.2) is 42.5 Å². The molecule has 2 fully saturated rings. The number of aliphatic imine (C=N–C) groups is 1. The van der Waals surface area contributed by atoms with Gasteiger partial charge in [0.1, 0.15) is 0 Å².